The van der Waals surface area contributed by atoms with Crippen LogP contribution in [0.5, 0.6) is 0 Å². The topological polar surface area (TPSA) is 58.6 Å². The van der Waals surface area contributed by atoms with Gasteiger partial charge in [0.15, 0.2) is 0 Å². The summed E-state index contributed by atoms with van der Waals surface area (Å²) in [5, 5.41) is 2.04. The van der Waals surface area contributed by atoms with Gasteiger partial charge in [-0.25, -0.2) is 0 Å². The summed E-state index contributed by atoms with van der Waals surface area (Å²) in [5.74, 6) is -0.858. The lowest BCUT2D eigenvalue weighted by Crippen LogP contribution is -2.41. The number of likely N-dealkylation sites (tertiary alicyclic amines) is 1. The van der Waals surface area contributed by atoms with Crippen molar-refractivity contribution in [2.24, 2.45) is 5.41 Å². The summed E-state index contributed by atoms with van der Waals surface area (Å²) >= 11 is 0. The summed E-state index contributed by atoms with van der Waals surface area (Å²) in [6.07, 6.45) is -3.89. The van der Waals surface area contributed by atoms with Crippen LogP contribution in [0.2, 0.25) is 0 Å². The molecule has 0 aliphatic carbocycles. The van der Waals surface area contributed by atoms with Crippen molar-refractivity contribution < 1.29 is 27.5 Å². The molecule has 1 aliphatic rings. The maximum Gasteiger partial charge on any atom is 0.401 e. The highest BCUT2D eigenvalue weighted by Gasteiger charge is 2.42. The number of ether oxygens (including phenoxy) is 1. The molecule has 1 amide bonds. The van der Waals surface area contributed by atoms with Crippen LogP contribution >= 0.6 is 0 Å². The zero-order chi connectivity index (χ0) is 14.7. The molecule has 5 nitrogen and oxygen atoms in total. The molecule has 0 aromatic rings. The lowest BCUT2D eigenvalue weighted by Gasteiger charge is -2.22. The molecule has 0 spiro atoms. The quantitative estimate of drug-likeness (QED) is 0.765. The molecule has 1 rings (SSSR count). The number of methoxy groups -OCH3 is 1. The SMILES string of the molecule is COC(=O)C1(C)CCN(C(=O)CNCC(F)(F)F)C1. The largest absolute Gasteiger partial charge is 0.469 e. The second-order valence-corrected chi connectivity index (χ2v) is 4.84. The van der Waals surface area contributed by atoms with E-state index in [0.29, 0.717) is 13.0 Å². The average molecular weight is 282 g/mol. The van der Waals surface area contributed by atoms with Crippen molar-refractivity contribution in [3.63, 3.8) is 0 Å². The Morgan fingerprint density at radius 1 is 1.42 bits per heavy atom. The molecule has 1 unspecified atom stereocenters. The third-order valence-electron chi connectivity index (χ3n) is 3.11. The van der Waals surface area contributed by atoms with Gasteiger partial charge < -0.3 is 15.0 Å². The zero-order valence-corrected chi connectivity index (χ0v) is 10.8. The normalized spacial score (nSPS) is 23.5. The number of hydrogen-bond acceptors (Lipinski definition) is 4. The number of amides is 1. The first-order valence-electron chi connectivity index (χ1n) is 5.81. The van der Waals surface area contributed by atoms with Crippen LogP contribution < -0.4 is 5.32 Å². The predicted molar refractivity (Wildman–Crippen MR) is 60.2 cm³/mol. The molecule has 110 valence electrons. The Bertz CT molecular complexity index is 360. The van der Waals surface area contributed by atoms with Gasteiger partial charge in [-0.1, -0.05) is 0 Å². The number of halogens is 3. The minimum atomic E-state index is -4.34. The first-order chi connectivity index (χ1) is 8.68. The molecule has 0 radical (unpaired) electrons. The van der Waals surface area contributed by atoms with E-state index in [2.05, 4.69) is 4.74 Å². The van der Waals surface area contributed by atoms with Crippen molar-refractivity contribution in [1.29, 1.82) is 0 Å². The van der Waals surface area contributed by atoms with Gasteiger partial charge in [0.25, 0.3) is 0 Å². The smallest absolute Gasteiger partial charge is 0.401 e. The molecule has 19 heavy (non-hydrogen) atoms. The third kappa shape index (κ3) is 4.38. The maximum atomic E-state index is 11.9. The Kier molecular flexibility index (Phi) is 4.78. The molecular weight excluding hydrogens is 265 g/mol. The summed E-state index contributed by atoms with van der Waals surface area (Å²) in [7, 11) is 1.27. The number of hydrogen-bond donors (Lipinski definition) is 1. The molecule has 1 aliphatic heterocycles. The monoisotopic (exact) mass is 282 g/mol. The fraction of sp³-hybridized carbons (Fsp3) is 0.818. The Labute approximate surface area is 109 Å². The summed E-state index contributed by atoms with van der Waals surface area (Å²) in [4.78, 5) is 24.6. The lowest BCUT2D eigenvalue weighted by atomic mass is 9.90. The molecule has 8 heteroatoms. The van der Waals surface area contributed by atoms with Crippen LogP contribution in [0.3, 0.4) is 0 Å². The van der Waals surface area contributed by atoms with Crippen molar-refractivity contribution in [2.75, 3.05) is 33.3 Å². The van der Waals surface area contributed by atoms with E-state index in [1.165, 1.54) is 12.0 Å². The second-order valence-electron chi connectivity index (χ2n) is 4.84. The van der Waals surface area contributed by atoms with Gasteiger partial charge in [0.2, 0.25) is 5.91 Å². The summed E-state index contributed by atoms with van der Waals surface area (Å²) in [5.41, 5.74) is -0.769. The lowest BCUT2D eigenvalue weighted by molar-refractivity contribution is -0.151. The van der Waals surface area contributed by atoms with Gasteiger partial charge in [-0.3, -0.25) is 9.59 Å². The highest BCUT2D eigenvalue weighted by Crippen LogP contribution is 2.31. The van der Waals surface area contributed by atoms with Gasteiger partial charge in [-0.15, -0.1) is 0 Å². The highest BCUT2D eigenvalue weighted by atomic mass is 19.4. The Morgan fingerprint density at radius 2 is 2.05 bits per heavy atom. The van der Waals surface area contributed by atoms with Crippen molar-refractivity contribution in [2.45, 2.75) is 19.5 Å². The Balaban J connectivity index is 2.42. The van der Waals surface area contributed by atoms with Gasteiger partial charge in [0.1, 0.15) is 0 Å². The van der Waals surface area contributed by atoms with Crippen molar-refractivity contribution in [3.05, 3.63) is 0 Å². The zero-order valence-electron chi connectivity index (χ0n) is 10.8. The van der Waals surface area contributed by atoms with E-state index < -0.39 is 36.6 Å². The third-order valence-corrected chi connectivity index (χ3v) is 3.11. The standard InChI is InChI=1S/C11H17F3N2O3/c1-10(9(18)19-2)3-4-16(7-10)8(17)5-15-6-11(12,13)14/h15H,3-7H2,1-2H3. The fourth-order valence-corrected chi connectivity index (χ4v) is 2.01. The number of alkyl halides is 3. The highest BCUT2D eigenvalue weighted by molar-refractivity contribution is 5.82. The molecular formula is C11H17F3N2O3. The molecule has 0 saturated carbocycles. The predicted octanol–water partition coefficient (Wildman–Crippen LogP) is 0.550. The number of nitrogens with one attached hydrogen (secondary N) is 1. The van der Waals surface area contributed by atoms with Crippen LogP contribution in [0.1, 0.15) is 13.3 Å². The van der Waals surface area contributed by atoms with E-state index in [1.54, 1.807) is 6.92 Å². The van der Waals surface area contributed by atoms with Crippen molar-refractivity contribution >= 4 is 11.9 Å². The van der Waals surface area contributed by atoms with E-state index in [4.69, 9.17) is 0 Å². The molecule has 1 saturated heterocycles. The number of esters is 1. The van der Waals surface area contributed by atoms with Crippen LogP contribution in [0.25, 0.3) is 0 Å². The second kappa shape index (κ2) is 5.77. The summed E-state index contributed by atoms with van der Waals surface area (Å²) in [6.45, 7) is 0.594. The van der Waals surface area contributed by atoms with E-state index in [0.717, 1.165) is 0 Å². The van der Waals surface area contributed by atoms with Gasteiger partial charge in [-0.05, 0) is 13.3 Å². The first-order valence-corrected chi connectivity index (χ1v) is 5.81. The molecule has 1 N–H and O–H groups in total. The van der Waals surface area contributed by atoms with Crippen LogP contribution in [-0.4, -0.2) is 56.2 Å². The number of carbonyl (C=O) groups excluding carboxylic acids is 2. The molecule has 1 atom stereocenters. The van der Waals surface area contributed by atoms with Crippen molar-refractivity contribution in [1.82, 2.24) is 10.2 Å². The summed E-state index contributed by atoms with van der Waals surface area (Å²) in [6, 6.07) is 0. The fourth-order valence-electron chi connectivity index (χ4n) is 2.01. The van der Waals surface area contributed by atoms with Crippen LogP contribution in [0, 0.1) is 5.41 Å². The maximum absolute atomic E-state index is 11.9. The molecule has 1 fully saturated rings. The number of rotatable bonds is 4. The van der Waals surface area contributed by atoms with Crippen LogP contribution in [-0.2, 0) is 14.3 Å². The van der Waals surface area contributed by atoms with Gasteiger partial charge in [0, 0.05) is 13.1 Å². The Morgan fingerprint density at radius 3 is 2.58 bits per heavy atom. The van der Waals surface area contributed by atoms with Crippen molar-refractivity contribution in [3.8, 4) is 0 Å². The molecule has 0 aromatic carbocycles. The average Bonchev–Trinajstić information content (AvgIpc) is 2.70. The van der Waals surface area contributed by atoms with E-state index in [9.17, 15) is 22.8 Å². The van der Waals surface area contributed by atoms with E-state index >= 15 is 0 Å². The minimum absolute atomic E-state index is 0.173. The van der Waals surface area contributed by atoms with E-state index in [-0.39, 0.29) is 6.54 Å². The van der Waals surface area contributed by atoms with Gasteiger partial charge in [-0.2, -0.15) is 13.2 Å². The van der Waals surface area contributed by atoms with Crippen LogP contribution in [0.4, 0.5) is 13.2 Å². The van der Waals surface area contributed by atoms with Gasteiger partial charge in [0.05, 0.1) is 25.6 Å². The number of nitrogens with zero attached hydrogens (tertiary/aromatic N) is 1. The van der Waals surface area contributed by atoms with E-state index in [1.807, 2.05) is 5.32 Å². The Hall–Kier alpha value is -1.31. The number of carbonyl (C=O) groups is 2. The summed E-state index contributed by atoms with van der Waals surface area (Å²) < 4.78 is 40.4. The molecule has 0 bridgehead atoms. The molecule has 1 heterocycles. The minimum Gasteiger partial charge on any atom is -0.469 e. The van der Waals surface area contributed by atoms with Gasteiger partial charge >= 0.3 is 12.1 Å². The van der Waals surface area contributed by atoms with Crippen LogP contribution in [0.15, 0.2) is 0 Å². The molecule has 0 aromatic heterocycles. The first kappa shape index (κ1) is 15.7.